The minimum Gasteiger partial charge on any atom is -0.481 e. The Morgan fingerprint density at radius 3 is 2.59 bits per heavy atom. The summed E-state index contributed by atoms with van der Waals surface area (Å²) in [5.74, 6) is -2.22. The van der Waals surface area contributed by atoms with Crippen LogP contribution in [0.25, 0.3) is 0 Å². The van der Waals surface area contributed by atoms with Crippen LogP contribution in [0.5, 0.6) is 0 Å². The van der Waals surface area contributed by atoms with Crippen LogP contribution in [0.2, 0.25) is 0 Å². The molecular formula is C15H20N2O5. The summed E-state index contributed by atoms with van der Waals surface area (Å²) in [6.07, 6.45) is 4.44. The van der Waals surface area contributed by atoms with Gasteiger partial charge in [-0.2, -0.15) is 0 Å². The van der Waals surface area contributed by atoms with Crippen molar-refractivity contribution in [3.05, 3.63) is 24.2 Å². The van der Waals surface area contributed by atoms with Gasteiger partial charge < -0.3 is 19.7 Å². The van der Waals surface area contributed by atoms with Crippen molar-refractivity contribution in [2.75, 3.05) is 6.54 Å². The molecule has 1 aliphatic carbocycles. The number of carbonyl (C=O) groups is 3. The fourth-order valence-electron chi connectivity index (χ4n) is 2.16. The van der Waals surface area contributed by atoms with Crippen LogP contribution in [0.15, 0.2) is 23.0 Å². The molecule has 1 aliphatic rings. The summed E-state index contributed by atoms with van der Waals surface area (Å²) in [5.41, 5.74) is 0.344. The van der Waals surface area contributed by atoms with E-state index >= 15 is 0 Å². The van der Waals surface area contributed by atoms with E-state index in [1.165, 1.54) is 18.6 Å². The second kappa shape index (κ2) is 6.64. The van der Waals surface area contributed by atoms with Crippen molar-refractivity contribution in [3.8, 4) is 0 Å². The fraction of sp³-hybridized carbons (Fsp3) is 0.533. The van der Waals surface area contributed by atoms with Gasteiger partial charge >= 0.3 is 5.97 Å². The molecule has 7 nitrogen and oxygen atoms in total. The number of carboxylic acid groups (broad SMARTS) is 1. The highest BCUT2D eigenvalue weighted by atomic mass is 16.4. The zero-order chi connectivity index (χ0) is 16.3. The fourth-order valence-corrected chi connectivity index (χ4v) is 2.16. The van der Waals surface area contributed by atoms with Crippen LogP contribution in [0.3, 0.4) is 0 Å². The first-order valence-electron chi connectivity index (χ1n) is 7.26. The van der Waals surface area contributed by atoms with E-state index in [4.69, 9.17) is 9.52 Å². The maximum absolute atomic E-state index is 12.5. The summed E-state index contributed by atoms with van der Waals surface area (Å²) < 4.78 is 4.83. The van der Waals surface area contributed by atoms with Crippen molar-refractivity contribution in [1.82, 2.24) is 10.2 Å². The number of furan rings is 1. The van der Waals surface area contributed by atoms with Crippen LogP contribution in [0, 0.1) is 5.92 Å². The molecule has 2 N–H and O–H groups in total. The molecule has 0 radical (unpaired) electrons. The predicted octanol–water partition coefficient (Wildman–Crippen LogP) is 1.11. The van der Waals surface area contributed by atoms with Crippen molar-refractivity contribution >= 4 is 17.8 Å². The average Bonchev–Trinajstić information content (AvgIpc) is 3.16. The Labute approximate surface area is 128 Å². The molecule has 1 aromatic heterocycles. The smallest absolute Gasteiger partial charge is 0.308 e. The maximum Gasteiger partial charge on any atom is 0.308 e. The number of aliphatic carboxylic acids is 1. The number of rotatable bonds is 7. The van der Waals surface area contributed by atoms with E-state index in [9.17, 15) is 14.4 Å². The highest BCUT2D eigenvalue weighted by Crippen LogP contribution is 2.28. The summed E-state index contributed by atoms with van der Waals surface area (Å²) >= 11 is 0. The number of carbonyl (C=O) groups excluding carboxylic acids is 2. The summed E-state index contributed by atoms with van der Waals surface area (Å²) in [4.78, 5) is 37.0. The molecule has 22 heavy (non-hydrogen) atoms. The van der Waals surface area contributed by atoms with Crippen LogP contribution < -0.4 is 5.32 Å². The monoisotopic (exact) mass is 308 g/mol. The van der Waals surface area contributed by atoms with Crippen molar-refractivity contribution in [3.63, 3.8) is 0 Å². The van der Waals surface area contributed by atoms with Crippen LogP contribution in [-0.4, -0.2) is 46.4 Å². The van der Waals surface area contributed by atoms with E-state index in [0.29, 0.717) is 5.56 Å². The van der Waals surface area contributed by atoms with Gasteiger partial charge in [-0.05, 0) is 25.8 Å². The van der Waals surface area contributed by atoms with Crippen molar-refractivity contribution < 1.29 is 23.9 Å². The zero-order valence-corrected chi connectivity index (χ0v) is 12.6. The van der Waals surface area contributed by atoms with Crippen LogP contribution in [-0.2, 0) is 9.59 Å². The highest BCUT2D eigenvalue weighted by molar-refractivity contribution is 5.97. The van der Waals surface area contributed by atoms with Crippen LogP contribution in [0.1, 0.15) is 37.0 Å². The van der Waals surface area contributed by atoms with Gasteiger partial charge in [0.2, 0.25) is 5.91 Å². The van der Waals surface area contributed by atoms with Gasteiger partial charge in [0.05, 0.1) is 17.7 Å². The first-order valence-corrected chi connectivity index (χ1v) is 7.26. The zero-order valence-electron chi connectivity index (χ0n) is 12.6. The third-order valence-electron chi connectivity index (χ3n) is 3.66. The summed E-state index contributed by atoms with van der Waals surface area (Å²) in [5, 5.41) is 11.6. The lowest BCUT2D eigenvalue weighted by Gasteiger charge is -2.27. The van der Waals surface area contributed by atoms with Gasteiger partial charge in [0.25, 0.3) is 5.91 Å². The number of hydrogen-bond acceptors (Lipinski definition) is 4. The average molecular weight is 308 g/mol. The van der Waals surface area contributed by atoms with Gasteiger partial charge in [-0.3, -0.25) is 14.4 Å². The number of carboxylic acids is 1. The lowest BCUT2D eigenvalue weighted by Crippen LogP contribution is -2.49. The van der Waals surface area contributed by atoms with E-state index in [-0.39, 0.29) is 18.5 Å². The van der Waals surface area contributed by atoms with Crippen molar-refractivity contribution in [2.24, 2.45) is 5.92 Å². The molecule has 2 amide bonds. The Morgan fingerprint density at radius 2 is 2.09 bits per heavy atom. The Morgan fingerprint density at radius 1 is 1.41 bits per heavy atom. The Balaban J connectivity index is 1.97. The molecule has 1 aromatic rings. The second-order valence-electron chi connectivity index (χ2n) is 5.67. The van der Waals surface area contributed by atoms with Gasteiger partial charge in [0.15, 0.2) is 0 Å². The third kappa shape index (κ3) is 3.87. The molecule has 7 heteroatoms. The Bertz CT molecular complexity index is 550. The quantitative estimate of drug-likeness (QED) is 0.786. The predicted molar refractivity (Wildman–Crippen MR) is 77.2 cm³/mol. The molecule has 0 saturated heterocycles. The van der Waals surface area contributed by atoms with Gasteiger partial charge in [-0.25, -0.2) is 0 Å². The third-order valence-corrected chi connectivity index (χ3v) is 3.66. The molecule has 2 atom stereocenters. The van der Waals surface area contributed by atoms with E-state index < -0.39 is 23.8 Å². The molecule has 0 bridgehead atoms. The molecule has 1 heterocycles. The molecule has 0 aliphatic heterocycles. The first kappa shape index (κ1) is 16.1. The summed E-state index contributed by atoms with van der Waals surface area (Å²) in [6, 6.07) is 0.879. The van der Waals surface area contributed by atoms with Gasteiger partial charge in [0, 0.05) is 12.6 Å². The minimum absolute atomic E-state index is 0.0857. The number of nitrogens with one attached hydrogen (secondary N) is 1. The topological polar surface area (TPSA) is 99.9 Å². The largest absolute Gasteiger partial charge is 0.481 e. The van der Waals surface area contributed by atoms with Gasteiger partial charge in [-0.1, -0.05) is 6.92 Å². The van der Waals surface area contributed by atoms with E-state index in [2.05, 4.69) is 5.32 Å². The van der Waals surface area contributed by atoms with E-state index in [0.717, 1.165) is 12.8 Å². The molecule has 1 saturated carbocycles. The molecule has 0 spiro atoms. The van der Waals surface area contributed by atoms with Gasteiger partial charge in [0.1, 0.15) is 12.3 Å². The Kier molecular flexibility index (Phi) is 4.85. The first-order chi connectivity index (χ1) is 10.4. The number of amides is 2. The standard InChI is InChI=1S/C15H20N2O5/c1-9(15(20)21)7-17(12-3-4-12)14(19)10(2)16-13(18)11-5-6-22-8-11/h5-6,8-10,12H,3-4,7H2,1-2H3,(H,16,18)(H,20,21). The maximum atomic E-state index is 12.5. The van der Waals surface area contributed by atoms with Crippen LogP contribution in [0.4, 0.5) is 0 Å². The normalized spacial score (nSPS) is 16.6. The van der Waals surface area contributed by atoms with Gasteiger partial charge in [-0.15, -0.1) is 0 Å². The highest BCUT2D eigenvalue weighted by Gasteiger charge is 2.36. The summed E-state index contributed by atoms with van der Waals surface area (Å²) in [6.45, 7) is 3.32. The lowest BCUT2D eigenvalue weighted by molar-refractivity contribution is -0.143. The Hall–Kier alpha value is -2.31. The lowest BCUT2D eigenvalue weighted by atomic mass is 10.1. The minimum atomic E-state index is -0.937. The molecular weight excluding hydrogens is 288 g/mol. The van der Waals surface area contributed by atoms with Crippen LogP contribution >= 0.6 is 0 Å². The molecule has 2 rings (SSSR count). The molecule has 2 unspecified atom stereocenters. The molecule has 1 fully saturated rings. The van der Waals surface area contributed by atoms with E-state index in [1.54, 1.807) is 18.7 Å². The number of hydrogen-bond donors (Lipinski definition) is 2. The number of nitrogens with zero attached hydrogens (tertiary/aromatic N) is 1. The summed E-state index contributed by atoms with van der Waals surface area (Å²) in [7, 11) is 0. The second-order valence-corrected chi connectivity index (χ2v) is 5.67. The van der Waals surface area contributed by atoms with E-state index in [1.807, 2.05) is 0 Å². The van der Waals surface area contributed by atoms with Crippen molar-refractivity contribution in [2.45, 2.75) is 38.8 Å². The SMILES string of the molecule is CC(CN(C(=O)C(C)NC(=O)c1ccoc1)C1CC1)C(=O)O. The molecule has 0 aromatic carbocycles. The van der Waals surface area contributed by atoms with Crippen molar-refractivity contribution in [1.29, 1.82) is 0 Å². The molecule has 120 valence electrons.